The number of ether oxygens (including phenoxy) is 2. The van der Waals surface area contributed by atoms with Crippen LogP contribution in [0.25, 0.3) is 0 Å². The summed E-state index contributed by atoms with van der Waals surface area (Å²) >= 11 is 6.13. The van der Waals surface area contributed by atoms with Gasteiger partial charge in [-0.3, -0.25) is 0 Å². The Morgan fingerprint density at radius 3 is 2.47 bits per heavy atom. The summed E-state index contributed by atoms with van der Waals surface area (Å²) in [5, 5.41) is 0.708. The van der Waals surface area contributed by atoms with E-state index in [9.17, 15) is 4.79 Å². The predicted octanol–water partition coefficient (Wildman–Crippen LogP) is 4.10. The van der Waals surface area contributed by atoms with Crippen LogP contribution in [0.4, 0.5) is 0 Å². The fourth-order valence-electron chi connectivity index (χ4n) is 1.72. The van der Waals surface area contributed by atoms with Crippen molar-refractivity contribution in [1.29, 1.82) is 0 Å². The Morgan fingerprint density at radius 2 is 1.95 bits per heavy atom. The molecular formula is C15H21ClO3. The van der Waals surface area contributed by atoms with Crippen molar-refractivity contribution in [2.75, 3.05) is 6.61 Å². The van der Waals surface area contributed by atoms with E-state index >= 15 is 0 Å². The lowest BCUT2D eigenvalue weighted by atomic mass is 10.0. The molecule has 3 nitrogen and oxygen atoms in total. The maximum Gasteiger partial charge on any atom is 0.347 e. The Bertz CT molecular complexity index is 455. The number of aryl methyl sites for hydroxylation is 1. The van der Waals surface area contributed by atoms with Gasteiger partial charge in [-0.05, 0) is 49.9 Å². The second-order valence-electron chi connectivity index (χ2n) is 4.81. The first-order valence-corrected chi connectivity index (χ1v) is 6.87. The Hall–Kier alpha value is -1.22. The number of hydrogen-bond acceptors (Lipinski definition) is 3. The maximum atomic E-state index is 11.6. The van der Waals surface area contributed by atoms with Crippen molar-refractivity contribution in [3.05, 3.63) is 28.3 Å². The lowest BCUT2D eigenvalue weighted by Crippen LogP contribution is -2.26. The van der Waals surface area contributed by atoms with E-state index in [0.29, 0.717) is 17.4 Å². The first kappa shape index (κ1) is 15.8. The molecule has 0 saturated heterocycles. The zero-order valence-electron chi connectivity index (χ0n) is 12.1. The van der Waals surface area contributed by atoms with Crippen LogP contribution in [0.15, 0.2) is 12.1 Å². The molecule has 19 heavy (non-hydrogen) atoms. The minimum absolute atomic E-state index is 0.266. The van der Waals surface area contributed by atoms with Crippen LogP contribution in [0.5, 0.6) is 5.75 Å². The van der Waals surface area contributed by atoms with Crippen molar-refractivity contribution >= 4 is 17.6 Å². The second kappa shape index (κ2) is 6.80. The molecule has 0 aliphatic rings. The Labute approximate surface area is 119 Å². The second-order valence-corrected chi connectivity index (χ2v) is 5.21. The van der Waals surface area contributed by atoms with Crippen LogP contribution in [0.3, 0.4) is 0 Å². The SMILES string of the molecule is CCOC(=O)C(C)Oc1cc(C)c(Cl)cc1C(C)C. The van der Waals surface area contributed by atoms with Crippen LogP contribution in [0.2, 0.25) is 5.02 Å². The van der Waals surface area contributed by atoms with E-state index < -0.39 is 6.10 Å². The van der Waals surface area contributed by atoms with E-state index in [-0.39, 0.29) is 11.9 Å². The highest BCUT2D eigenvalue weighted by Gasteiger charge is 2.19. The summed E-state index contributed by atoms with van der Waals surface area (Å²) in [5.74, 6) is 0.602. The van der Waals surface area contributed by atoms with Crippen molar-refractivity contribution in [3.8, 4) is 5.75 Å². The maximum absolute atomic E-state index is 11.6. The van der Waals surface area contributed by atoms with Crippen molar-refractivity contribution < 1.29 is 14.3 Å². The molecule has 1 atom stereocenters. The minimum atomic E-state index is -0.627. The monoisotopic (exact) mass is 284 g/mol. The average molecular weight is 285 g/mol. The summed E-state index contributed by atoms with van der Waals surface area (Å²) < 4.78 is 10.7. The van der Waals surface area contributed by atoms with E-state index in [1.165, 1.54) is 0 Å². The zero-order valence-corrected chi connectivity index (χ0v) is 12.9. The summed E-state index contributed by atoms with van der Waals surface area (Å²) in [7, 11) is 0. The fraction of sp³-hybridized carbons (Fsp3) is 0.533. The van der Waals surface area contributed by atoms with Gasteiger partial charge in [0, 0.05) is 5.02 Å². The van der Waals surface area contributed by atoms with Crippen LogP contribution >= 0.6 is 11.6 Å². The molecule has 0 bridgehead atoms. The molecule has 4 heteroatoms. The van der Waals surface area contributed by atoms with Gasteiger partial charge in [-0.1, -0.05) is 25.4 Å². The van der Waals surface area contributed by atoms with Gasteiger partial charge < -0.3 is 9.47 Å². The largest absolute Gasteiger partial charge is 0.479 e. The molecule has 1 rings (SSSR count). The summed E-state index contributed by atoms with van der Waals surface area (Å²) in [4.78, 5) is 11.6. The molecule has 1 aromatic rings. The van der Waals surface area contributed by atoms with Gasteiger partial charge in [0.15, 0.2) is 6.10 Å². The quantitative estimate of drug-likeness (QED) is 0.764. The Morgan fingerprint density at radius 1 is 1.32 bits per heavy atom. The number of halogens is 1. The third kappa shape index (κ3) is 4.13. The van der Waals surface area contributed by atoms with E-state index in [1.807, 2.05) is 19.1 Å². The summed E-state index contributed by atoms with van der Waals surface area (Å²) in [6.45, 7) is 9.84. The molecule has 106 valence electrons. The number of benzene rings is 1. The number of hydrogen-bond donors (Lipinski definition) is 0. The van der Waals surface area contributed by atoms with E-state index in [4.69, 9.17) is 21.1 Å². The Kier molecular flexibility index (Phi) is 5.67. The van der Waals surface area contributed by atoms with E-state index in [2.05, 4.69) is 13.8 Å². The third-order valence-corrected chi connectivity index (χ3v) is 3.24. The lowest BCUT2D eigenvalue weighted by Gasteiger charge is -2.19. The van der Waals surface area contributed by atoms with Gasteiger partial charge >= 0.3 is 5.97 Å². The number of esters is 1. The van der Waals surface area contributed by atoms with Gasteiger partial charge in [-0.2, -0.15) is 0 Å². The highest BCUT2D eigenvalue weighted by Crippen LogP contribution is 2.32. The third-order valence-electron chi connectivity index (χ3n) is 2.84. The molecule has 0 aromatic heterocycles. The number of carbonyl (C=O) groups is 1. The topological polar surface area (TPSA) is 35.5 Å². The van der Waals surface area contributed by atoms with Gasteiger partial charge in [0.2, 0.25) is 0 Å². The first-order chi connectivity index (χ1) is 8.86. The normalized spacial score (nSPS) is 12.4. The number of rotatable bonds is 5. The molecule has 1 unspecified atom stereocenters. The number of carbonyl (C=O) groups excluding carboxylic acids is 1. The lowest BCUT2D eigenvalue weighted by molar-refractivity contribution is -0.150. The standard InChI is InChI=1S/C15H21ClO3/c1-6-18-15(17)11(5)19-14-7-10(4)13(16)8-12(14)9(2)3/h7-9,11H,6H2,1-5H3. The molecule has 0 aliphatic heterocycles. The van der Waals surface area contributed by atoms with Crippen molar-refractivity contribution in [1.82, 2.24) is 0 Å². The zero-order chi connectivity index (χ0) is 14.6. The van der Waals surface area contributed by atoms with Crippen LogP contribution in [-0.2, 0) is 9.53 Å². The summed E-state index contributed by atoms with van der Waals surface area (Å²) in [6, 6.07) is 3.77. The highest BCUT2D eigenvalue weighted by molar-refractivity contribution is 6.31. The summed E-state index contributed by atoms with van der Waals surface area (Å²) in [6.07, 6.45) is -0.627. The van der Waals surface area contributed by atoms with Crippen LogP contribution in [0, 0.1) is 6.92 Å². The van der Waals surface area contributed by atoms with Gasteiger partial charge in [-0.15, -0.1) is 0 Å². The predicted molar refractivity (Wildman–Crippen MR) is 77.0 cm³/mol. The van der Waals surface area contributed by atoms with Gasteiger partial charge in [0.25, 0.3) is 0 Å². The smallest absolute Gasteiger partial charge is 0.347 e. The molecule has 0 saturated carbocycles. The van der Waals surface area contributed by atoms with Crippen LogP contribution in [0.1, 0.15) is 44.7 Å². The van der Waals surface area contributed by atoms with Gasteiger partial charge in [0.1, 0.15) is 5.75 Å². The van der Waals surface area contributed by atoms with Crippen molar-refractivity contribution in [2.45, 2.75) is 46.6 Å². The van der Waals surface area contributed by atoms with Crippen molar-refractivity contribution in [3.63, 3.8) is 0 Å². The molecule has 0 fully saturated rings. The van der Waals surface area contributed by atoms with Gasteiger partial charge in [-0.25, -0.2) is 4.79 Å². The Balaban J connectivity index is 2.99. The molecule has 0 amide bonds. The van der Waals surface area contributed by atoms with Crippen molar-refractivity contribution in [2.24, 2.45) is 0 Å². The first-order valence-electron chi connectivity index (χ1n) is 6.50. The van der Waals surface area contributed by atoms with Gasteiger partial charge in [0.05, 0.1) is 6.61 Å². The molecule has 0 heterocycles. The molecule has 1 aromatic carbocycles. The molecule has 0 aliphatic carbocycles. The highest BCUT2D eigenvalue weighted by atomic mass is 35.5. The fourth-order valence-corrected chi connectivity index (χ4v) is 1.89. The van der Waals surface area contributed by atoms with Crippen LogP contribution in [-0.4, -0.2) is 18.7 Å². The van der Waals surface area contributed by atoms with Crippen LogP contribution < -0.4 is 4.74 Å². The van der Waals surface area contributed by atoms with E-state index in [0.717, 1.165) is 11.1 Å². The molecular weight excluding hydrogens is 264 g/mol. The molecule has 0 spiro atoms. The average Bonchev–Trinajstić information content (AvgIpc) is 2.33. The summed E-state index contributed by atoms with van der Waals surface area (Å²) in [5.41, 5.74) is 1.92. The van der Waals surface area contributed by atoms with E-state index in [1.54, 1.807) is 13.8 Å². The molecule has 0 radical (unpaired) electrons. The minimum Gasteiger partial charge on any atom is -0.479 e. The molecule has 0 N–H and O–H groups in total.